The van der Waals surface area contributed by atoms with Crippen LogP contribution < -0.4 is 20.8 Å². The molecule has 1 heterocycles. The van der Waals surface area contributed by atoms with Crippen molar-refractivity contribution in [2.24, 2.45) is 0 Å². The second-order valence-corrected chi connectivity index (χ2v) is 6.67. The van der Waals surface area contributed by atoms with Gasteiger partial charge in [0.25, 0.3) is 5.91 Å². The molecule has 0 fully saturated rings. The normalized spacial score (nSPS) is 12.0. The molecule has 1 aromatic heterocycles. The maximum Gasteiger partial charge on any atom is 0.336 e. The Balaban J connectivity index is 2.24. The standard InChI is InChI=1S/C18H21NO6S/c1-4-11-7-16(21)25-14-6-10(2)5-13(17(11)14)24-8-15(20)19-12(9-26-3)18(22)23/h5-7,12H,4,8-9H2,1-3H3,(H,19,20)(H,22,23)/p-1/t12-/m0/s1. The SMILES string of the molecule is CCc1cc(=O)oc2cc(C)cc(OCC(=O)N[C@@H](CSC)C(=O)[O-])c12. The Morgan fingerprint density at radius 3 is 2.69 bits per heavy atom. The van der Waals surface area contributed by atoms with E-state index in [1.807, 2.05) is 13.8 Å². The molecule has 0 unspecified atom stereocenters. The Hall–Kier alpha value is -2.48. The van der Waals surface area contributed by atoms with Crippen molar-refractivity contribution in [3.05, 3.63) is 39.7 Å². The van der Waals surface area contributed by atoms with Gasteiger partial charge in [-0.25, -0.2) is 4.79 Å². The summed E-state index contributed by atoms with van der Waals surface area (Å²) in [7, 11) is 0. The van der Waals surface area contributed by atoms with E-state index in [2.05, 4.69) is 5.32 Å². The van der Waals surface area contributed by atoms with Gasteiger partial charge in [-0.3, -0.25) is 4.79 Å². The van der Waals surface area contributed by atoms with E-state index >= 15 is 0 Å². The molecule has 1 amide bonds. The van der Waals surface area contributed by atoms with Crippen molar-refractivity contribution in [1.82, 2.24) is 5.32 Å². The van der Waals surface area contributed by atoms with Crippen LogP contribution in [-0.2, 0) is 16.0 Å². The van der Waals surface area contributed by atoms with Crippen molar-refractivity contribution in [1.29, 1.82) is 0 Å². The van der Waals surface area contributed by atoms with Gasteiger partial charge in [0.2, 0.25) is 0 Å². The Morgan fingerprint density at radius 2 is 2.08 bits per heavy atom. The maximum atomic E-state index is 12.0. The fourth-order valence-electron chi connectivity index (χ4n) is 2.58. The Bertz CT molecular complexity index is 876. The van der Waals surface area contributed by atoms with Gasteiger partial charge in [-0.15, -0.1) is 0 Å². The van der Waals surface area contributed by atoms with Gasteiger partial charge in [0, 0.05) is 11.8 Å². The molecule has 1 aromatic carbocycles. The number of carbonyl (C=O) groups excluding carboxylic acids is 2. The van der Waals surface area contributed by atoms with E-state index in [4.69, 9.17) is 9.15 Å². The van der Waals surface area contributed by atoms with E-state index < -0.39 is 23.5 Å². The number of ether oxygens (including phenoxy) is 1. The van der Waals surface area contributed by atoms with Crippen LogP contribution in [0.5, 0.6) is 5.75 Å². The Labute approximate surface area is 154 Å². The summed E-state index contributed by atoms with van der Waals surface area (Å²) >= 11 is 1.29. The van der Waals surface area contributed by atoms with E-state index in [0.29, 0.717) is 23.1 Å². The van der Waals surface area contributed by atoms with Crippen molar-refractivity contribution in [3.8, 4) is 5.75 Å². The number of aliphatic carboxylic acids is 1. The van der Waals surface area contributed by atoms with E-state index in [1.165, 1.54) is 17.8 Å². The molecule has 140 valence electrons. The monoisotopic (exact) mass is 378 g/mol. The number of carboxylic acids is 1. The van der Waals surface area contributed by atoms with Crippen LogP contribution in [0.2, 0.25) is 0 Å². The predicted molar refractivity (Wildman–Crippen MR) is 97.4 cm³/mol. The first-order chi connectivity index (χ1) is 12.3. The first-order valence-corrected chi connectivity index (χ1v) is 9.44. The maximum absolute atomic E-state index is 12.0. The summed E-state index contributed by atoms with van der Waals surface area (Å²) < 4.78 is 10.8. The summed E-state index contributed by atoms with van der Waals surface area (Å²) in [4.78, 5) is 34.7. The largest absolute Gasteiger partial charge is 0.548 e. The average Bonchev–Trinajstić information content (AvgIpc) is 2.57. The van der Waals surface area contributed by atoms with Crippen LogP contribution in [0.25, 0.3) is 11.0 Å². The summed E-state index contributed by atoms with van der Waals surface area (Å²) in [5.74, 6) is -1.31. The van der Waals surface area contributed by atoms with Gasteiger partial charge >= 0.3 is 5.63 Å². The molecule has 0 radical (unpaired) electrons. The van der Waals surface area contributed by atoms with Crippen LogP contribution in [0.1, 0.15) is 18.1 Å². The van der Waals surface area contributed by atoms with Crippen LogP contribution in [0, 0.1) is 6.92 Å². The van der Waals surface area contributed by atoms with Crippen molar-refractivity contribution in [2.45, 2.75) is 26.3 Å². The van der Waals surface area contributed by atoms with Crippen molar-refractivity contribution >= 4 is 34.6 Å². The summed E-state index contributed by atoms with van der Waals surface area (Å²) in [6, 6.07) is 3.79. The van der Waals surface area contributed by atoms with Gasteiger partial charge < -0.3 is 24.4 Å². The second kappa shape index (κ2) is 8.75. The Morgan fingerprint density at radius 1 is 1.35 bits per heavy atom. The molecule has 0 spiro atoms. The third kappa shape index (κ3) is 4.78. The highest BCUT2D eigenvalue weighted by molar-refractivity contribution is 7.98. The minimum absolute atomic E-state index is 0.201. The molecule has 0 bridgehead atoms. The van der Waals surface area contributed by atoms with Gasteiger partial charge in [0.1, 0.15) is 11.3 Å². The third-order valence-corrected chi connectivity index (χ3v) is 4.39. The minimum Gasteiger partial charge on any atom is -0.548 e. The highest BCUT2D eigenvalue weighted by Crippen LogP contribution is 2.30. The number of nitrogens with one attached hydrogen (secondary N) is 1. The molecule has 0 saturated carbocycles. The average molecular weight is 378 g/mol. The van der Waals surface area contributed by atoms with Crippen LogP contribution in [0.3, 0.4) is 0 Å². The van der Waals surface area contributed by atoms with Gasteiger partial charge in [-0.1, -0.05) is 6.92 Å². The van der Waals surface area contributed by atoms with Crippen LogP contribution in [0.15, 0.2) is 27.4 Å². The highest BCUT2D eigenvalue weighted by Gasteiger charge is 2.16. The fraction of sp³-hybridized carbons (Fsp3) is 0.389. The predicted octanol–water partition coefficient (Wildman–Crippen LogP) is 0.640. The summed E-state index contributed by atoms with van der Waals surface area (Å²) in [6.07, 6.45) is 2.33. The minimum atomic E-state index is -1.34. The molecule has 1 atom stereocenters. The summed E-state index contributed by atoms with van der Waals surface area (Å²) in [5.41, 5.74) is 1.50. The molecule has 0 aliphatic rings. The topological polar surface area (TPSA) is 109 Å². The number of rotatable bonds is 8. The van der Waals surface area contributed by atoms with E-state index in [0.717, 1.165) is 11.1 Å². The molecule has 7 nitrogen and oxygen atoms in total. The lowest BCUT2D eigenvalue weighted by Gasteiger charge is -2.19. The molecular formula is C18H20NO6S-. The smallest absolute Gasteiger partial charge is 0.336 e. The number of fused-ring (bicyclic) bond motifs is 1. The molecule has 2 aromatic rings. The number of amides is 1. The molecule has 8 heteroatoms. The molecule has 0 aliphatic carbocycles. The number of aryl methyl sites for hydroxylation is 2. The summed E-state index contributed by atoms with van der Waals surface area (Å²) in [6.45, 7) is 3.35. The molecule has 0 aliphatic heterocycles. The van der Waals surface area contributed by atoms with Gasteiger partial charge in [-0.05, 0) is 42.9 Å². The Kier molecular flexibility index (Phi) is 6.68. The lowest BCUT2D eigenvalue weighted by molar-refractivity contribution is -0.307. The lowest BCUT2D eigenvalue weighted by Crippen LogP contribution is -2.50. The van der Waals surface area contributed by atoms with E-state index in [9.17, 15) is 19.5 Å². The van der Waals surface area contributed by atoms with Crippen molar-refractivity contribution in [3.63, 3.8) is 0 Å². The quantitative estimate of drug-likeness (QED) is 0.672. The number of hydrogen-bond acceptors (Lipinski definition) is 7. The summed E-state index contributed by atoms with van der Waals surface area (Å²) in [5, 5.41) is 14.0. The van der Waals surface area contributed by atoms with E-state index in [-0.39, 0.29) is 12.4 Å². The zero-order valence-electron chi connectivity index (χ0n) is 14.8. The zero-order valence-corrected chi connectivity index (χ0v) is 15.6. The number of carboxylic acid groups (broad SMARTS) is 1. The van der Waals surface area contributed by atoms with Crippen LogP contribution in [0.4, 0.5) is 0 Å². The van der Waals surface area contributed by atoms with Crippen molar-refractivity contribution < 1.29 is 23.8 Å². The zero-order chi connectivity index (χ0) is 19.3. The molecule has 0 saturated heterocycles. The first-order valence-electron chi connectivity index (χ1n) is 8.05. The highest BCUT2D eigenvalue weighted by atomic mass is 32.2. The van der Waals surface area contributed by atoms with Crippen LogP contribution in [-0.4, -0.2) is 36.5 Å². The number of benzene rings is 1. The number of carbonyl (C=O) groups is 2. The number of hydrogen-bond donors (Lipinski definition) is 1. The first kappa shape index (κ1) is 19.8. The fourth-order valence-corrected chi connectivity index (χ4v) is 3.13. The molecule has 2 rings (SSSR count). The molecule has 1 N–H and O–H groups in total. The third-order valence-electron chi connectivity index (χ3n) is 3.73. The molecular weight excluding hydrogens is 358 g/mol. The van der Waals surface area contributed by atoms with Gasteiger partial charge in [0.15, 0.2) is 6.61 Å². The lowest BCUT2D eigenvalue weighted by atomic mass is 10.1. The van der Waals surface area contributed by atoms with Gasteiger partial charge in [-0.2, -0.15) is 11.8 Å². The second-order valence-electron chi connectivity index (χ2n) is 5.76. The van der Waals surface area contributed by atoms with Gasteiger partial charge in [0.05, 0.1) is 17.4 Å². The molecule has 26 heavy (non-hydrogen) atoms. The van der Waals surface area contributed by atoms with Crippen LogP contribution >= 0.6 is 11.8 Å². The van der Waals surface area contributed by atoms with E-state index in [1.54, 1.807) is 18.4 Å². The van der Waals surface area contributed by atoms with Crippen molar-refractivity contribution in [2.75, 3.05) is 18.6 Å². The number of thioether (sulfide) groups is 1.